The van der Waals surface area contributed by atoms with E-state index in [-0.39, 0.29) is 24.0 Å². The van der Waals surface area contributed by atoms with Gasteiger partial charge >= 0.3 is 0 Å². The van der Waals surface area contributed by atoms with Crippen LogP contribution in [-0.2, 0) is 4.74 Å². The van der Waals surface area contributed by atoms with Gasteiger partial charge in [0.2, 0.25) is 0 Å². The summed E-state index contributed by atoms with van der Waals surface area (Å²) in [6, 6.07) is 0. The van der Waals surface area contributed by atoms with Crippen molar-refractivity contribution in [1.29, 1.82) is 0 Å². The lowest BCUT2D eigenvalue weighted by molar-refractivity contribution is 0.0373. The first-order valence-corrected chi connectivity index (χ1v) is 6.27. The summed E-state index contributed by atoms with van der Waals surface area (Å²) >= 11 is 0. The van der Waals surface area contributed by atoms with Crippen molar-refractivity contribution in [2.45, 2.75) is 12.8 Å². The molecule has 0 saturated carbocycles. The van der Waals surface area contributed by atoms with Crippen molar-refractivity contribution in [2.24, 2.45) is 10.7 Å². The fraction of sp³-hybridized carbons (Fsp3) is 0.750. The molecule has 0 amide bonds. The van der Waals surface area contributed by atoms with Crippen LogP contribution >= 0.6 is 24.0 Å². The second-order valence-corrected chi connectivity index (χ2v) is 4.10. The highest BCUT2D eigenvalue weighted by Crippen LogP contribution is 2.00. The predicted molar refractivity (Wildman–Crippen MR) is 86.6 cm³/mol. The summed E-state index contributed by atoms with van der Waals surface area (Å²) in [6.45, 7) is 10.1. The third kappa shape index (κ3) is 8.71. The molecular formula is C12H25IN4O. The van der Waals surface area contributed by atoms with Crippen LogP contribution in [0.25, 0.3) is 0 Å². The minimum atomic E-state index is 0. The zero-order valence-electron chi connectivity index (χ0n) is 10.9. The molecule has 1 rings (SSSR count). The quantitative estimate of drug-likeness (QED) is 0.230. The Morgan fingerprint density at radius 1 is 1.39 bits per heavy atom. The first kappa shape index (κ1) is 17.7. The van der Waals surface area contributed by atoms with E-state index in [9.17, 15) is 0 Å². The maximum atomic E-state index is 5.65. The maximum Gasteiger partial charge on any atom is 0.188 e. The van der Waals surface area contributed by atoms with Gasteiger partial charge in [0.05, 0.1) is 13.2 Å². The fourth-order valence-electron chi connectivity index (χ4n) is 1.70. The van der Waals surface area contributed by atoms with Crippen molar-refractivity contribution in [2.75, 3.05) is 45.9 Å². The number of nitrogens with zero attached hydrogens (tertiary/aromatic N) is 2. The number of aliphatic imine (C=N–C) groups is 1. The van der Waals surface area contributed by atoms with Gasteiger partial charge < -0.3 is 15.8 Å². The summed E-state index contributed by atoms with van der Waals surface area (Å²) in [7, 11) is 0. The highest BCUT2D eigenvalue weighted by Gasteiger charge is 2.08. The van der Waals surface area contributed by atoms with E-state index >= 15 is 0 Å². The minimum Gasteiger partial charge on any atom is -0.379 e. The Balaban J connectivity index is 0.00000289. The number of hydrogen-bond donors (Lipinski definition) is 2. The zero-order valence-corrected chi connectivity index (χ0v) is 13.3. The summed E-state index contributed by atoms with van der Waals surface area (Å²) in [4.78, 5) is 6.67. The highest BCUT2D eigenvalue weighted by atomic mass is 127. The molecule has 0 atom stereocenters. The van der Waals surface area contributed by atoms with Gasteiger partial charge in [0, 0.05) is 26.2 Å². The monoisotopic (exact) mass is 368 g/mol. The van der Waals surface area contributed by atoms with Crippen LogP contribution in [0.15, 0.2) is 17.6 Å². The van der Waals surface area contributed by atoms with Crippen LogP contribution in [0.5, 0.6) is 0 Å². The summed E-state index contributed by atoms with van der Waals surface area (Å²) in [5.74, 6) is 0.510. The maximum absolute atomic E-state index is 5.65. The Morgan fingerprint density at radius 3 is 2.78 bits per heavy atom. The predicted octanol–water partition coefficient (Wildman–Crippen LogP) is 0.807. The standard InChI is InChI=1S/C12H24N4O.HI/c1-2-5-14-12(13)15-6-3-4-7-16-8-10-17-11-9-16;/h2H,1,3-11H2,(H3,13,14,15);1H. The van der Waals surface area contributed by atoms with Crippen molar-refractivity contribution in [3.05, 3.63) is 12.7 Å². The number of nitrogens with two attached hydrogens (primary N) is 1. The lowest BCUT2D eigenvalue weighted by Gasteiger charge is -2.26. The topological polar surface area (TPSA) is 62.9 Å². The first-order valence-electron chi connectivity index (χ1n) is 6.27. The lowest BCUT2D eigenvalue weighted by atomic mass is 10.3. The zero-order chi connectivity index (χ0) is 12.3. The first-order chi connectivity index (χ1) is 8.33. The molecule has 0 aromatic heterocycles. The number of morpholine rings is 1. The van der Waals surface area contributed by atoms with Crippen LogP contribution in [0.1, 0.15) is 12.8 Å². The molecule has 0 aliphatic carbocycles. The Bertz CT molecular complexity index is 242. The highest BCUT2D eigenvalue weighted by molar-refractivity contribution is 14.0. The number of guanidine groups is 1. The van der Waals surface area contributed by atoms with E-state index < -0.39 is 0 Å². The summed E-state index contributed by atoms with van der Waals surface area (Å²) in [5, 5.41) is 2.96. The number of ether oxygens (including phenoxy) is 1. The summed E-state index contributed by atoms with van der Waals surface area (Å²) in [6.07, 6.45) is 4.01. The summed E-state index contributed by atoms with van der Waals surface area (Å²) < 4.78 is 5.30. The molecule has 5 nitrogen and oxygen atoms in total. The van der Waals surface area contributed by atoms with E-state index in [1.807, 2.05) is 0 Å². The molecule has 1 heterocycles. The van der Waals surface area contributed by atoms with E-state index in [2.05, 4.69) is 21.8 Å². The smallest absolute Gasteiger partial charge is 0.188 e. The van der Waals surface area contributed by atoms with Gasteiger partial charge in [-0.25, -0.2) is 0 Å². The van der Waals surface area contributed by atoms with E-state index in [1.54, 1.807) is 6.08 Å². The number of hydrogen-bond acceptors (Lipinski definition) is 3. The molecule has 106 valence electrons. The Hall–Kier alpha value is -0.340. The second kappa shape index (κ2) is 11.7. The van der Waals surface area contributed by atoms with Crippen molar-refractivity contribution < 1.29 is 4.74 Å². The molecule has 18 heavy (non-hydrogen) atoms. The lowest BCUT2D eigenvalue weighted by Crippen LogP contribution is -2.36. The minimum absolute atomic E-state index is 0. The fourth-order valence-corrected chi connectivity index (χ4v) is 1.70. The van der Waals surface area contributed by atoms with Gasteiger partial charge in [-0.05, 0) is 19.4 Å². The van der Waals surface area contributed by atoms with Crippen molar-refractivity contribution in [3.8, 4) is 0 Å². The average Bonchev–Trinajstić information content (AvgIpc) is 2.37. The largest absolute Gasteiger partial charge is 0.379 e. The Kier molecular flexibility index (Phi) is 11.5. The van der Waals surface area contributed by atoms with E-state index in [1.165, 1.54) is 0 Å². The molecule has 6 heteroatoms. The third-order valence-electron chi connectivity index (χ3n) is 2.70. The van der Waals surface area contributed by atoms with E-state index in [4.69, 9.17) is 10.5 Å². The molecular weight excluding hydrogens is 343 g/mol. The molecule has 1 aliphatic rings. The number of rotatable bonds is 7. The van der Waals surface area contributed by atoms with Crippen LogP contribution < -0.4 is 11.1 Å². The van der Waals surface area contributed by atoms with Gasteiger partial charge in [-0.15, -0.1) is 30.6 Å². The average molecular weight is 368 g/mol. The molecule has 0 spiro atoms. The Morgan fingerprint density at radius 2 is 2.11 bits per heavy atom. The number of halogens is 1. The molecule has 0 aromatic rings. The van der Waals surface area contributed by atoms with Crippen LogP contribution in [0.3, 0.4) is 0 Å². The Labute approximate surface area is 127 Å². The van der Waals surface area contributed by atoms with Crippen molar-refractivity contribution in [3.63, 3.8) is 0 Å². The molecule has 0 bridgehead atoms. The van der Waals surface area contributed by atoms with Gasteiger partial charge in [0.25, 0.3) is 0 Å². The van der Waals surface area contributed by atoms with Gasteiger partial charge in [0.15, 0.2) is 5.96 Å². The van der Waals surface area contributed by atoms with Crippen LogP contribution in [0, 0.1) is 0 Å². The van der Waals surface area contributed by atoms with Crippen LogP contribution in [0.2, 0.25) is 0 Å². The molecule has 3 N–H and O–H groups in total. The van der Waals surface area contributed by atoms with Crippen molar-refractivity contribution in [1.82, 2.24) is 10.2 Å². The molecule has 0 radical (unpaired) electrons. The number of nitrogens with one attached hydrogen (secondary N) is 1. The van der Waals surface area contributed by atoms with Crippen LogP contribution in [0.4, 0.5) is 0 Å². The molecule has 1 saturated heterocycles. The van der Waals surface area contributed by atoms with E-state index in [0.29, 0.717) is 12.5 Å². The van der Waals surface area contributed by atoms with Crippen LogP contribution in [-0.4, -0.2) is 56.8 Å². The van der Waals surface area contributed by atoms with Gasteiger partial charge in [0.1, 0.15) is 0 Å². The molecule has 1 aliphatic heterocycles. The second-order valence-electron chi connectivity index (χ2n) is 4.10. The SMILES string of the molecule is C=CCNC(N)=NCCCCN1CCOCC1.I. The number of unbranched alkanes of at least 4 members (excludes halogenated alkanes) is 1. The van der Waals surface area contributed by atoms with Crippen molar-refractivity contribution >= 4 is 29.9 Å². The van der Waals surface area contributed by atoms with Gasteiger partial charge in [-0.2, -0.15) is 0 Å². The summed E-state index contributed by atoms with van der Waals surface area (Å²) in [5.41, 5.74) is 5.65. The molecule has 0 unspecified atom stereocenters. The van der Waals surface area contributed by atoms with E-state index in [0.717, 1.165) is 52.2 Å². The third-order valence-corrected chi connectivity index (χ3v) is 2.70. The molecule has 1 fully saturated rings. The van der Waals surface area contributed by atoms with Gasteiger partial charge in [-0.1, -0.05) is 6.08 Å². The normalized spacial score (nSPS) is 17.0. The van der Waals surface area contributed by atoms with Gasteiger partial charge in [-0.3, -0.25) is 9.89 Å². The molecule has 0 aromatic carbocycles.